The Kier molecular flexibility index (Phi) is 4.29. The molecule has 1 heterocycles. The zero-order chi connectivity index (χ0) is 14.7. The smallest absolute Gasteiger partial charge is 0.335 e. The lowest BCUT2D eigenvalue weighted by Gasteiger charge is -2.26. The van der Waals surface area contributed by atoms with Gasteiger partial charge in [0.25, 0.3) is 0 Å². The first-order chi connectivity index (χ1) is 9.47. The van der Waals surface area contributed by atoms with Crippen LogP contribution in [0.4, 0.5) is 10.5 Å². The minimum atomic E-state index is -1.06. The summed E-state index contributed by atoms with van der Waals surface area (Å²) >= 11 is 5.98. The van der Waals surface area contributed by atoms with Gasteiger partial charge in [-0.15, -0.1) is 0 Å². The molecular weight excluding hydrogens is 280 g/mol. The first-order valence-corrected chi connectivity index (χ1v) is 6.59. The van der Waals surface area contributed by atoms with Crippen molar-refractivity contribution in [1.82, 2.24) is 4.90 Å². The molecule has 0 radical (unpaired) electrons. The van der Waals surface area contributed by atoms with Crippen LogP contribution in [0.5, 0.6) is 0 Å². The third kappa shape index (κ3) is 3.30. The first kappa shape index (κ1) is 14.4. The fourth-order valence-corrected chi connectivity index (χ4v) is 2.20. The van der Waals surface area contributed by atoms with E-state index in [1.165, 1.54) is 18.2 Å². The third-order valence-corrected chi connectivity index (χ3v) is 3.40. The summed E-state index contributed by atoms with van der Waals surface area (Å²) in [6.07, 6.45) is 2.92. The highest BCUT2D eigenvalue weighted by molar-refractivity contribution is 6.33. The number of rotatable bonds is 2. The summed E-state index contributed by atoms with van der Waals surface area (Å²) in [4.78, 5) is 24.7. The molecule has 1 aliphatic rings. The van der Waals surface area contributed by atoms with Crippen molar-refractivity contribution in [2.24, 2.45) is 0 Å². The number of carboxylic acids is 1. The lowest BCUT2D eigenvalue weighted by Crippen LogP contribution is -2.38. The fraction of sp³-hybridized carbons (Fsp3) is 0.286. The molecule has 1 aromatic carbocycles. The van der Waals surface area contributed by atoms with Crippen molar-refractivity contribution in [2.75, 3.05) is 18.4 Å². The van der Waals surface area contributed by atoms with E-state index in [9.17, 15) is 9.59 Å². The largest absolute Gasteiger partial charge is 0.478 e. The molecule has 1 aromatic rings. The van der Waals surface area contributed by atoms with Crippen LogP contribution in [0.15, 0.2) is 29.8 Å². The molecule has 2 amide bonds. The van der Waals surface area contributed by atoms with Gasteiger partial charge in [-0.1, -0.05) is 23.3 Å². The number of hydrogen-bond acceptors (Lipinski definition) is 2. The Bertz CT molecular complexity index is 584. The molecule has 0 aromatic heterocycles. The van der Waals surface area contributed by atoms with Crippen molar-refractivity contribution in [2.45, 2.75) is 13.3 Å². The molecule has 0 spiro atoms. The molecule has 6 heteroatoms. The van der Waals surface area contributed by atoms with Gasteiger partial charge in [0, 0.05) is 13.1 Å². The van der Waals surface area contributed by atoms with E-state index in [1.54, 1.807) is 4.90 Å². The van der Waals surface area contributed by atoms with Gasteiger partial charge >= 0.3 is 12.0 Å². The van der Waals surface area contributed by atoms with Gasteiger partial charge in [0.15, 0.2) is 0 Å². The fourth-order valence-electron chi connectivity index (χ4n) is 2.03. The van der Waals surface area contributed by atoms with Crippen LogP contribution in [0.25, 0.3) is 0 Å². The molecule has 0 bridgehead atoms. The topological polar surface area (TPSA) is 69.6 Å². The maximum atomic E-state index is 12.1. The molecule has 0 fully saturated rings. The quantitative estimate of drug-likeness (QED) is 0.823. The average Bonchev–Trinajstić information content (AvgIpc) is 2.41. The summed E-state index contributed by atoms with van der Waals surface area (Å²) in [5, 5.41) is 11.9. The van der Waals surface area contributed by atoms with Gasteiger partial charge in [0.1, 0.15) is 0 Å². The maximum Gasteiger partial charge on any atom is 0.335 e. The Hall–Kier alpha value is -2.01. The van der Waals surface area contributed by atoms with Crippen molar-refractivity contribution < 1.29 is 14.7 Å². The second kappa shape index (κ2) is 5.96. The van der Waals surface area contributed by atoms with Gasteiger partial charge < -0.3 is 15.3 Å². The normalized spacial score (nSPS) is 14.7. The van der Waals surface area contributed by atoms with E-state index in [2.05, 4.69) is 11.4 Å². The zero-order valence-electron chi connectivity index (χ0n) is 11.0. The highest BCUT2D eigenvalue weighted by Crippen LogP contribution is 2.24. The molecule has 0 saturated carbocycles. The summed E-state index contributed by atoms with van der Waals surface area (Å²) in [6, 6.07) is 3.94. The number of hydrogen-bond donors (Lipinski definition) is 2. The van der Waals surface area contributed by atoms with Crippen molar-refractivity contribution >= 4 is 29.3 Å². The van der Waals surface area contributed by atoms with Gasteiger partial charge in [-0.3, -0.25) is 0 Å². The molecule has 0 unspecified atom stereocenters. The standard InChI is InChI=1S/C14H15ClN2O3/c1-9-3-2-6-17(8-9)14(20)16-12-7-10(13(18)19)4-5-11(12)15/h3-5,7H,2,6,8H2,1H3,(H,16,20)(H,18,19). The molecule has 106 valence electrons. The number of benzene rings is 1. The van der Waals surface area contributed by atoms with Crippen molar-refractivity contribution in [3.05, 3.63) is 40.4 Å². The molecule has 2 N–H and O–H groups in total. The van der Waals surface area contributed by atoms with Gasteiger partial charge in [0.2, 0.25) is 0 Å². The molecule has 2 rings (SSSR count). The number of urea groups is 1. The number of nitrogens with zero attached hydrogens (tertiary/aromatic N) is 1. The molecule has 0 atom stereocenters. The Labute approximate surface area is 121 Å². The number of aromatic carboxylic acids is 1. The predicted octanol–water partition coefficient (Wildman–Crippen LogP) is 3.22. The molecule has 0 aliphatic carbocycles. The third-order valence-electron chi connectivity index (χ3n) is 3.07. The van der Waals surface area contributed by atoms with Crippen LogP contribution in [0.2, 0.25) is 5.02 Å². The minimum Gasteiger partial charge on any atom is -0.478 e. The van der Waals surface area contributed by atoms with Crippen molar-refractivity contribution in [1.29, 1.82) is 0 Å². The van der Waals surface area contributed by atoms with E-state index < -0.39 is 5.97 Å². The molecule has 5 nitrogen and oxygen atoms in total. The zero-order valence-corrected chi connectivity index (χ0v) is 11.8. The molecule has 20 heavy (non-hydrogen) atoms. The second-order valence-corrected chi connectivity index (χ2v) is 5.10. The van der Waals surface area contributed by atoms with E-state index in [0.717, 1.165) is 12.0 Å². The summed E-state index contributed by atoms with van der Waals surface area (Å²) in [7, 11) is 0. The van der Waals surface area contributed by atoms with E-state index in [4.69, 9.17) is 16.7 Å². The number of carbonyl (C=O) groups is 2. The lowest BCUT2D eigenvalue weighted by molar-refractivity contribution is 0.0697. The number of carboxylic acid groups (broad SMARTS) is 1. The summed E-state index contributed by atoms with van der Waals surface area (Å²) in [6.45, 7) is 3.18. The molecule has 0 saturated heterocycles. The van der Waals surface area contributed by atoms with Crippen LogP contribution in [-0.4, -0.2) is 35.1 Å². The van der Waals surface area contributed by atoms with Crippen LogP contribution >= 0.6 is 11.6 Å². The van der Waals surface area contributed by atoms with Gasteiger partial charge in [-0.05, 0) is 31.5 Å². The second-order valence-electron chi connectivity index (χ2n) is 4.69. The van der Waals surface area contributed by atoms with Gasteiger partial charge in [-0.2, -0.15) is 0 Å². The molecule has 1 aliphatic heterocycles. The van der Waals surface area contributed by atoms with E-state index in [0.29, 0.717) is 23.8 Å². The van der Waals surface area contributed by atoms with Crippen LogP contribution in [-0.2, 0) is 0 Å². The summed E-state index contributed by atoms with van der Waals surface area (Å²) < 4.78 is 0. The number of amides is 2. The number of halogens is 1. The highest BCUT2D eigenvalue weighted by atomic mass is 35.5. The van der Waals surface area contributed by atoms with Crippen molar-refractivity contribution in [3.8, 4) is 0 Å². The van der Waals surface area contributed by atoms with Gasteiger partial charge in [-0.25, -0.2) is 9.59 Å². The van der Waals surface area contributed by atoms with E-state index in [1.807, 2.05) is 6.92 Å². The van der Waals surface area contributed by atoms with Crippen LogP contribution in [0, 0.1) is 0 Å². The Morgan fingerprint density at radius 3 is 2.80 bits per heavy atom. The Morgan fingerprint density at radius 1 is 1.40 bits per heavy atom. The minimum absolute atomic E-state index is 0.0828. The van der Waals surface area contributed by atoms with E-state index in [-0.39, 0.29) is 11.6 Å². The first-order valence-electron chi connectivity index (χ1n) is 6.22. The summed E-state index contributed by atoms with van der Waals surface area (Å²) in [5.41, 5.74) is 1.53. The lowest BCUT2D eigenvalue weighted by atomic mass is 10.1. The van der Waals surface area contributed by atoms with E-state index >= 15 is 0 Å². The average molecular weight is 295 g/mol. The van der Waals surface area contributed by atoms with Crippen molar-refractivity contribution in [3.63, 3.8) is 0 Å². The molecular formula is C14H15ClN2O3. The Balaban J connectivity index is 2.13. The number of nitrogens with one attached hydrogen (secondary N) is 1. The number of anilines is 1. The van der Waals surface area contributed by atoms with Crippen LogP contribution in [0.1, 0.15) is 23.7 Å². The SMILES string of the molecule is CC1=CCCN(C(=O)Nc2cc(C(=O)O)ccc2Cl)C1. The van der Waals surface area contributed by atoms with Gasteiger partial charge in [0.05, 0.1) is 16.3 Å². The maximum absolute atomic E-state index is 12.1. The monoisotopic (exact) mass is 294 g/mol. The predicted molar refractivity (Wildman–Crippen MR) is 77.4 cm³/mol. The van der Waals surface area contributed by atoms with Crippen LogP contribution < -0.4 is 5.32 Å². The van der Waals surface area contributed by atoms with Crippen LogP contribution in [0.3, 0.4) is 0 Å². The summed E-state index contributed by atoms with van der Waals surface area (Å²) in [5.74, 6) is -1.06. The highest BCUT2D eigenvalue weighted by Gasteiger charge is 2.18. The number of carbonyl (C=O) groups excluding carboxylic acids is 1. The Morgan fingerprint density at radius 2 is 2.15 bits per heavy atom.